The van der Waals surface area contributed by atoms with E-state index in [9.17, 15) is 4.79 Å². The van der Waals surface area contributed by atoms with Crippen LogP contribution in [0.15, 0.2) is 30.3 Å². The zero-order chi connectivity index (χ0) is 15.5. The van der Waals surface area contributed by atoms with Crippen molar-refractivity contribution in [3.8, 4) is 0 Å². The van der Waals surface area contributed by atoms with E-state index in [1.54, 1.807) is 6.92 Å². The molecule has 1 aromatic carbocycles. The molecule has 0 saturated carbocycles. The smallest absolute Gasteiger partial charge is 0.132 e. The van der Waals surface area contributed by atoms with Gasteiger partial charge < -0.3 is 0 Å². The fourth-order valence-electron chi connectivity index (χ4n) is 2.58. The number of ketones is 1. The van der Waals surface area contributed by atoms with E-state index in [-0.39, 0.29) is 5.92 Å². The maximum Gasteiger partial charge on any atom is 0.132 e. The molecule has 0 fully saturated rings. The van der Waals surface area contributed by atoms with Gasteiger partial charge in [-0.05, 0) is 43.6 Å². The molecule has 0 heterocycles. The molecule has 20 heavy (non-hydrogen) atoms. The second-order valence-corrected chi connectivity index (χ2v) is 5.97. The first kappa shape index (κ1) is 18.9. The van der Waals surface area contributed by atoms with Crippen molar-refractivity contribution in [2.45, 2.75) is 60.8 Å². The van der Waals surface area contributed by atoms with E-state index in [0.29, 0.717) is 17.6 Å². The Kier molecular flexibility index (Phi) is 10.1. The van der Waals surface area contributed by atoms with Crippen LogP contribution in [0.2, 0.25) is 0 Å². The van der Waals surface area contributed by atoms with Crippen molar-refractivity contribution in [2.24, 2.45) is 17.8 Å². The summed E-state index contributed by atoms with van der Waals surface area (Å²) in [5, 5.41) is 0. The Hall–Kier alpha value is -1.11. The summed E-state index contributed by atoms with van der Waals surface area (Å²) in [4.78, 5) is 11.7. The number of carbonyl (C=O) groups excluding carboxylic acids is 1. The number of rotatable bonds is 7. The van der Waals surface area contributed by atoms with Gasteiger partial charge in [-0.25, -0.2) is 0 Å². The number of hydrogen-bond donors (Lipinski definition) is 0. The number of Topliss-reactive ketones (excluding diaryl/α,β-unsaturated/α-hetero) is 1. The fourth-order valence-corrected chi connectivity index (χ4v) is 2.58. The van der Waals surface area contributed by atoms with E-state index in [2.05, 4.69) is 45.0 Å². The average Bonchev–Trinajstić information content (AvgIpc) is 2.40. The third-order valence-electron chi connectivity index (χ3n) is 3.44. The molecular weight excluding hydrogens is 244 g/mol. The maximum atomic E-state index is 11.7. The second kappa shape index (κ2) is 10.7. The topological polar surface area (TPSA) is 17.1 Å². The predicted molar refractivity (Wildman–Crippen MR) is 88.9 cm³/mol. The molecule has 114 valence electrons. The van der Waals surface area contributed by atoms with Gasteiger partial charge in [-0.3, -0.25) is 4.79 Å². The lowest BCUT2D eigenvalue weighted by molar-refractivity contribution is -0.121. The molecule has 1 rings (SSSR count). The monoisotopic (exact) mass is 276 g/mol. The maximum absolute atomic E-state index is 11.7. The van der Waals surface area contributed by atoms with Crippen LogP contribution in [-0.4, -0.2) is 5.78 Å². The van der Waals surface area contributed by atoms with Crippen molar-refractivity contribution in [1.29, 1.82) is 0 Å². The van der Waals surface area contributed by atoms with Crippen LogP contribution in [0.4, 0.5) is 0 Å². The Morgan fingerprint density at radius 3 is 2.00 bits per heavy atom. The molecule has 1 aromatic rings. The van der Waals surface area contributed by atoms with Gasteiger partial charge in [0.15, 0.2) is 0 Å². The van der Waals surface area contributed by atoms with Crippen molar-refractivity contribution >= 4 is 5.78 Å². The van der Waals surface area contributed by atoms with E-state index >= 15 is 0 Å². The third kappa shape index (κ3) is 8.14. The molecule has 0 aliphatic carbocycles. The van der Waals surface area contributed by atoms with Crippen molar-refractivity contribution in [3.63, 3.8) is 0 Å². The molecule has 0 spiro atoms. The summed E-state index contributed by atoms with van der Waals surface area (Å²) in [5.41, 5.74) is 1.37. The molecule has 0 N–H and O–H groups in total. The minimum atomic E-state index is 0.240. The van der Waals surface area contributed by atoms with Crippen LogP contribution in [-0.2, 0) is 11.2 Å². The quantitative estimate of drug-likeness (QED) is 0.639. The fraction of sp³-hybridized carbons (Fsp3) is 0.632. The highest BCUT2D eigenvalue weighted by atomic mass is 16.1. The summed E-state index contributed by atoms with van der Waals surface area (Å²) in [6.07, 6.45) is 3.11. The molecule has 0 aliphatic heterocycles. The van der Waals surface area contributed by atoms with Gasteiger partial charge in [-0.1, -0.05) is 65.0 Å². The highest BCUT2D eigenvalue weighted by Gasteiger charge is 2.19. The number of benzene rings is 1. The lowest BCUT2D eigenvalue weighted by atomic mass is 9.84. The third-order valence-corrected chi connectivity index (χ3v) is 3.44. The molecule has 1 heteroatoms. The van der Waals surface area contributed by atoms with Gasteiger partial charge in [-0.2, -0.15) is 0 Å². The zero-order valence-electron chi connectivity index (χ0n) is 14.1. The molecule has 0 amide bonds. The van der Waals surface area contributed by atoms with Crippen molar-refractivity contribution in [3.05, 3.63) is 35.9 Å². The van der Waals surface area contributed by atoms with E-state index in [4.69, 9.17) is 0 Å². The molecule has 1 nitrogen and oxygen atoms in total. The SMILES string of the molecule is CC.CC(=O)C(CC(C)C)C[C@@H](C)Cc1ccccc1. The molecule has 2 atom stereocenters. The first-order chi connectivity index (χ1) is 9.49. The Bertz CT molecular complexity index is 353. The van der Waals surface area contributed by atoms with Crippen molar-refractivity contribution < 1.29 is 4.79 Å². The summed E-state index contributed by atoms with van der Waals surface area (Å²) >= 11 is 0. The summed E-state index contributed by atoms with van der Waals surface area (Å²) in [6, 6.07) is 10.5. The summed E-state index contributed by atoms with van der Waals surface area (Å²) < 4.78 is 0. The Labute approximate surface area is 125 Å². The summed E-state index contributed by atoms with van der Waals surface area (Å²) in [6.45, 7) is 12.4. The van der Waals surface area contributed by atoms with Crippen LogP contribution in [0.3, 0.4) is 0 Å². The number of hydrogen-bond acceptors (Lipinski definition) is 1. The van der Waals surface area contributed by atoms with Gasteiger partial charge in [0.05, 0.1) is 0 Å². The van der Waals surface area contributed by atoms with Crippen LogP contribution in [0.1, 0.15) is 59.9 Å². The summed E-state index contributed by atoms with van der Waals surface area (Å²) in [5.74, 6) is 1.76. The van der Waals surface area contributed by atoms with E-state index in [1.165, 1.54) is 5.56 Å². The Morgan fingerprint density at radius 2 is 1.55 bits per heavy atom. The van der Waals surface area contributed by atoms with E-state index in [0.717, 1.165) is 19.3 Å². The van der Waals surface area contributed by atoms with Crippen LogP contribution in [0.25, 0.3) is 0 Å². The van der Waals surface area contributed by atoms with Crippen molar-refractivity contribution in [2.75, 3.05) is 0 Å². The van der Waals surface area contributed by atoms with Gasteiger partial charge in [-0.15, -0.1) is 0 Å². The van der Waals surface area contributed by atoms with Gasteiger partial charge >= 0.3 is 0 Å². The highest BCUT2D eigenvalue weighted by Crippen LogP contribution is 2.23. The zero-order valence-corrected chi connectivity index (χ0v) is 14.1. The lowest BCUT2D eigenvalue weighted by Crippen LogP contribution is -2.18. The molecular formula is C19H32O. The van der Waals surface area contributed by atoms with Crippen LogP contribution >= 0.6 is 0 Å². The van der Waals surface area contributed by atoms with E-state index in [1.807, 2.05) is 19.9 Å². The minimum absolute atomic E-state index is 0.240. The first-order valence-corrected chi connectivity index (χ1v) is 8.03. The Balaban J connectivity index is 0.00000172. The predicted octanol–water partition coefficient (Wildman–Crippen LogP) is 5.53. The normalized spacial score (nSPS) is 13.3. The Morgan fingerprint density at radius 1 is 1.00 bits per heavy atom. The lowest BCUT2D eigenvalue weighted by Gasteiger charge is -2.20. The van der Waals surface area contributed by atoms with Crippen LogP contribution in [0.5, 0.6) is 0 Å². The van der Waals surface area contributed by atoms with Crippen LogP contribution < -0.4 is 0 Å². The molecule has 0 aromatic heterocycles. The highest BCUT2D eigenvalue weighted by molar-refractivity contribution is 5.78. The minimum Gasteiger partial charge on any atom is -0.300 e. The largest absolute Gasteiger partial charge is 0.300 e. The van der Waals surface area contributed by atoms with Gasteiger partial charge in [0, 0.05) is 5.92 Å². The van der Waals surface area contributed by atoms with E-state index < -0.39 is 0 Å². The van der Waals surface area contributed by atoms with Gasteiger partial charge in [0.2, 0.25) is 0 Å². The molecule has 0 aliphatic rings. The first-order valence-electron chi connectivity index (χ1n) is 8.03. The standard InChI is InChI=1S/C17H26O.C2H6/c1-13(2)10-17(15(4)18)12-14(3)11-16-8-6-5-7-9-16;1-2/h5-9,13-14,17H,10-12H2,1-4H3;1-2H3/t14-,17?;/m0./s1. The summed E-state index contributed by atoms with van der Waals surface area (Å²) in [7, 11) is 0. The molecule has 1 unspecified atom stereocenters. The van der Waals surface area contributed by atoms with Gasteiger partial charge in [0.1, 0.15) is 5.78 Å². The average molecular weight is 276 g/mol. The molecule has 0 saturated heterocycles. The van der Waals surface area contributed by atoms with Crippen molar-refractivity contribution in [1.82, 2.24) is 0 Å². The molecule has 0 bridgehead atoms. The second-order valence-electron chi connectivity index (χ2n) is 5.97. The number of carbonyl (C=O) groups is 1. The van der Waals surface area contributed by atoms with Crippen LogP contribution in [0, 0.1) is 17.8 Å². The van der Waals surface area contributed by atoms with Gasteiger partial charge in [0.25, 0.3) is 0 Å². The molecule has 0 radical (unpaired) electrons.